The first-order valence-corrected chi connectivity index (χ1v) is 6.59. The highest BCUT2D eigenvalue weighted by atomic mass is 79.9. The first-order valence-electron chi connectivity index (χ1n) is 5.79. The second-order valence-corrected chi connectivity index (χ2v) is 5.61. The fourth-order valence-corrected chi connectivity index (χ4v) is 2.04. The van der Waals surface area contributed by atoms with E-state index in [4.69, 9.17) is 5.73 Å². The highest BCUT2D eigenvalue weighted by Crippen LogP contribution is 2.23. The van der Waals surface area contributed by atoms with Crippen molar-refractivity contribution in [1.82, 2.24) is 0 Å². The van der Waals surface area contributed by atoms with Crippen LogP contribution in [0.15, 0.2) is 16.6 Å². The number of benzene rings is 1. The minimum atomic E-state index is -0.537. The van der Waals surface area contributed by atoms with Crippen molar-refractivity contribution in [2.45, 2.75) is 39.2 Å². The Bertz CT molecular complexity index is 380. The van der Waals surface area contributed by atoms with Gasteiger partial charge < -0.3 is 5.73 Å². The monoisotopic (exact) mass is 305 g/mol. The minimum absolute atomic E-state index is 0.0793. The van der Waals surface area contributed by atoms with E-state index in [1.165, 1.54) is 12.1 Å². The molecule has 0 bridgehead atoms. The molecule has 0 saturated heterocycles. The summed E-state index contributed by atoms with van der Waals surface area (Å²) >= 11 is 3.05. The summed E-state index contributed by atoms with van der Waals surface area (Å²) in [7, 11) is 0. The van der Waals surface area contributed by atoms with Gasteiger partial charge in [-0.2, -0.15) is 0 Å². The summed E-state index contributed by atoms with van der Waals surface area (Å²) in [4.78, 5) is 0. The zero-order valence-corrected chi connectivity index (χ0v) is 11.7. The summed E-state index contributed by atoms with van der Waals surface area (Å²) in [6.07, 6.45) is 1.99. The number of hydrogen-bond donors (Lipinski definition) is 1. The van der Waals surface area contributed by atoms with Crippen LogP contribution in [0.5, 0.6) is 0 Å². The highest BCUT2D eigenvalue weighted by Gasteiger charge is 2.15. The van der Waals surface area contributed by atoms with Gasteiger partial charge in [0.1, 0.15) is 11.6 Å². The van der Waals surface area contributed by atoms with Crippen LogP contribution in [0.2, 0.25) is 0 Å². The van der Waals surface area contributed by atoms with E-state index in [1.807, 2.05) is 0 Å². The summed E-state index contributed by atoms with van der Waals surface area (Å²) in [6.45, 7) is 4.21. The lowest BCUT2D eigenvalue weighted by molar-refractivity contribution is 0.475. The second kappa shape index (κ2) is 6.45. The average molecular weight is 306 g/mol. The van der Waals surface area contributed by atoms with Crippen LogP contribution in [0, 0.1) is 17.6 Å². The first kappa shape index (κ1) is 14.6. The van der Waals surface area contributed by atoms with Gasteiger partial charge in [-0.15, -0.1) is 0 Å². The maximum absolute atomic E-state index is 13.7. The molecule has 0 aliphatic heterocycles. The summed E-state index contributed by atoms with van der Waals surface area (Å²) in [5.74, 6) is -0.506. The van der Waals surface area contributed by atoms with Gasteiger partial charge in [-0.3, -0.25) is 0 Å². The van der Waals surface area contributed by atoms with E-state index in [9.17, 15) is 8.78 Å². The van der Waals surface area contributed by atoms with Crippen molar-refractivity contribution >= 4 is 15.9 Å². The van der Waals surface area contributed by atoms with Crippen LogP contribution in [0.25, 0.3) is 0 Å². The topological polar surface area (TPSA) is 26.0 Å². The summed E-state index contributed by atoms with van der Waals surface area (Å²) in [5.41, 5.74) is 5.97. The Morgan fingerprint density at radius 2 is 1.88 bits per heavy atom. The van der Waals surface area contributed by atoms with Crippen molar-refractivity contribution in [2.75, 3.05) is 0 Å². The number of rotatable bonds is 5. The van der Waals surface area contributed by atoms with E-state index in [1.54, 1.807) is 0 Å². The molecule has 0 amide bonds. The zero-order valence-electron chi connectivity index (χ0n) is 10.1. The molecule has 0 aromatic heterocycles. The molecule has 1 atom stereocenters. The van der Waals surface area contributed by atoms with Crippen molar-refractivity contribution in [3.05, 3.63) is 33.8 Å². The number of halogens is 3. The quantitative estimate of drug-likeness (QED) is 0.817. The molecule has 1 aromatic rings. The van der Waals surface area contributed by atoms with E-state index in [-0.39, 0.29) is 22.5 Å². The molecule has 0 aliphatic rings. The van der Waals surface area contributed by atoms with E-state index in [2.05, 4.69) is 29.8 Å². The van der Waals surface area contributed by atoms with Crippen molar-refractivity contribution in [3.63, 3.8) is 0 Å². The molecule has 0 fully saturated rings. The van der Waals surface area contributed by atoms with Gasteiger partial charge in [-0.05, 0) is 53.2 Å². The van der Waals surface area contributed by atoms with Crippen molar-refractivity contribution in [1.29, 1.82) is 0 Å². The first-order chi connectivity index (χ1) is 7.91. The largest absolute Gasteiger partial charge is 0.327 e. The van der Waals surface area contributed by atoms with E-state index < -0.39 is 11.6 Å². The molecule has 0 radical (unpaired) electrons. The molecule has 1 nitrogen and oxygen atoms in total. The summed E-state index contributed by atoms with van der Waals surface area (Å²) < 4.78 is 27.4. The molecule has 0 heterocycles. The summed E-state index contributed by atoms with van der Waals surface area (Å²) in [6, 6.07) is 2.43. The van der Waals surface area contributed by atoms with Crippen molar-refractivity contribution in [3.8, 4) is 0 Å². The van der Waals surface area contributed by atoms with Crippen LogP contribution in [-0.2, 0) is 6.42 Å². The molecule has 2 N–H and O–H groups in total. The minimum Gasteiger partial charge on any atom is -0.327 e. The molecule has 1 unspecified atom stereocenters. The van der Waals surface area contributed by atoms with Crippen LogP contribution in [0.3, 0.4) is 0 Å². The third-order valence-corrected chi connectivity index (χ3v) is 3.33. The maximum Gasteiger partial charge on any atom is 0.143 e. The third-order valence-electron chi connectivity index (χ3n) is 2.72. The molecule has 1 aromatic carbocycles. The number of nitrogens with two attached hydrogens (primary N) is 1. The predicted molar refractivity (Wildman–Crippen MR) is 69.8 cm³/mol. The molecule has 17 heavy (non-hydrogen) atoms. The highest BCUT2D eigenvalue weighted by molar-refractivity contribution is 9.10. The molecule has 1 rings (SSSR count). The lowest BCUT2D eigenvalue weighted by Crippen LogP contribution is -2.24. The third kappa shape index (κ3) is 4.36. The SMILES string of the molecule is CC(C)CCC(N)Cc1c(F)ccc(Br)c1F. The second-order valence-electron chi connectivity index (χ2n) is 4.76. The Labute approximate surface area is 110 Å². The molecular weight excluding hydrogens is 288 g/mol. The van der Waals surface area contributed by atoms with Crippen LogP contribution in [-0.4, -0.2) is 6.04 Å². The van der Waals surface area contributed by atoms with Crippen LogP contribution in [0.4, 0.5) is 8.78 Å². The van der Waals surface area contributed by atoms with E-state index >= 15 is 0 Å². The number of hydrogen-bond acceptors (Lipinski definition) is 1. The summed E-state index contributed by atoms with van der Waals surface area (Å²) in [5, 5.41) is 0. The van der Waals surface area contributed by atoms with Gasteiger partial charge in [0.25, 0.3) is 0 Å². The van der Waals surface area contributed by atoms with Gasteiger partial charge in [0.2, 0.25) is 0 Å². The van der Waals surface area contributed by atoms with Gasteiger partial charge in [-0.25, -0.2) is 8.78 Å². The Balaban J connectivity index is 2.71. The maximum atomic E-state index is 13.7. The Morgan fingerprint density at radius 3 is 2.47 bits per heavy atom. The van der Waals surface area contributed by atoms with E-state index in [0.29, 0.717) is 5.92 Å². The lowest BCUT2D eigenvalue weighted by Gasteiger charge is -2.14. The van der Waals surface area contributed by atoms with E-state index in [0.717, 1.165) is 12.8 Å². The fraction of sp³-hybridized carbons (Fsp3) is 0.538. The van der Waals surface area contributed by atoms with Gasteiger partial charge in [0, 0.05) is 11.6 Å². The van der Waals surface area contributed by atoms with Gasteiger partial charge >= 0.3 is 0 Å². The molecule has 4 heteroatoms. The normalized spacial score (nSPS) is 13.1. The van der Waals surface area contributed by atoms with Gasteiger partial charge in [-0.1, -0.05) is 13.8 Å². The van der Waals surface area contributed by atoms with Crippen LogP contribution in [0.1, 0.15) is 32.3 Å². The molecule has 0 saturated carbocycles. The lowest BCUT2D eigenvalue weighted by atomic mass is 9.98. The van der Waals surface area contributed by atoms with Gasteiger partial charge in [0.05, 0.1) is 4.47 Å². The molecule has 0 aliphatic carbocycles. The Hall–Kier alpha value is -0.480. The smallest absolute Gasteiger partial charge is 0.143 e. The molecule has 0 spiro atoms. The van der Waals surface area contributed by atoms with Gasteiger partial charge in [0.15, 0.2) is 0 Å². The fourth-order valence-electron chi connectivity index (χ4n) is 1.67. The van der Waals surface area contributed by atoms with Crippen molar-refractivity contribution < 1.29 is 8.78 Å². The average Bonchev–Trinajstić information content (AvgIpc) is 2.27. The zero-order chi connectivity index (χ0) is 13.0. The standard InChI is InChI=1S/C13H18BrF2N/c1-8(2)3-4-9(17)7-10-12(15)6-5-11(14)13(10)16/h5-6,8-9H,3-4,7,17H2,1-2H3. The van der Waals surface area contributed by atoms with Crippen LogP contribution >= 0.6 is 15.9 Å². The molecule has 96 valence electrons. The Morgan fingerprint density at radius 1 is 1.24 bits per heavy atom. The predicted octanol–water partition coefficient (Wildman–Crippen LogP) is 4.03. The van der Waals surface area contributed by atoms with Crippen LogP contribution < -0.4 is 5.73 Å². The Kier molecular flexibility index (Phi) is 5.53. The van der Waals surface area contributed by atoms with Crippen molar-refractivity contribution in [2.24, 2.45) is 11.7 Å². The molecular formula is C13H18BrF2N.